The summed E-state index contributed by atoms with van der Waals surface area (Å²) in [6, 6.07) is 12.7. The van der Waals surface area contributed by atoms with Crippen molar-refractivity contribution in [3.05, 3.63) is 63.5 Å². The van der Waals surface area contributed by atoms with E-state index in [-0.39, 0.29) is 18.9 Å². The summed E-state index contributed by atoms with van der Waals surface area (Å²) in [7, 11) is 1.54. The summed E-state index contributed by atoms with van der Waals surface area (Å²) in [5.74, 6) is -0.475. The van der Waals surface area contributed by atoms with Gasteiger partial charge in [0.2, 0.25) is 0 Å². The summed E-state index contributed by atoms with van der Waals surface area (Å²) in [4.78, 5) is 24.8. The lowest BCUT2D eigenvalue weighted by Crippen LogP contribution is -2.33. The van der Waals surface area contributed by atoms with E-state index in [1.54, 1.807) is 36.4 Å². The lowest BCUT2D eigenvalue weighted by molar-refractivity contribution is -0.305. The number of nitrogens with zero attached hydrogens (tertiary/aromatic N) is 1. The molecule has 1 aliphatic heterocycles. The molecule has 0 radical (unpaired) electrons. The largest absolute Gasteiger partial charge is 0.550 e. The Kier molecular flexibility index (Phi) is 7.36. The number of thioether (sulfide) groups is 1. The smallest absolute Gasteiger partial charge is 0.266 e. The maximum atomic E-state index is 12.5. The monoisotopic (exact) mass is 462 g/mol. The molecule has 0 aromatic heterocycles. The van der Waals surface area contributed by atoms with Crippen molar-refractivity contribution in [1.29, 1.82) is 0 Å². The number of halogens is 1. The average molecular weight is 463 g/mol. The van der Waals surface area contributed by atoms with Crippen molar-refractivity contribution in [1.82, 2.24) is 4.90 Å². The molecule has 0 N–H and O–H groups in total. The van der Waals surface area contributed by atoms with Crippen molar-refractivity contribution < 1.29 is 24.2 Å². The fourth-order valence-corrected chi connectivity index (χ4v) is 4.12. The number of thiocarbonyl (C=S) groups is 1. The molecular formula is C21H17ClNO5S2-. The minimum absolute atomic E-state index is 0.00879. The Bertz CT molecular complexity index is 1010. The zero-order valence-corrected chi connectivity index (χ0v) is 18.3. The lowest BCUT2D eigenvalue weighted by Gasteiger charge is -2.14. The first-order valence-electron chi connectivity index (χ1n) is 8.88. The zero-order chi connectivity index (χ0) is 21.7. The molecule has 0 spiro atoms. The number of ether oxygens (including phenoxy) is 2. The standard InChI is InChI=1S/C21H18ClNO5S2/c1-27-17-10-14(4-7-16(17)28-12-13-2-5-15(22)6-3-13)11-18-20(26)23(21(29)30-18)9-8-19(24)25/h2-7,10-11H,8-9,12H2,1H3,(H,24,25)/p-1/b18-11+. The van der Waals surface area contributed by atoms with Crippen LogP contribution in [0.15, 0.2) is 47.4 Å². The molecule has 1 fully saturated rings. The molecule has 0 unspecified atom stereocenters. The number of hydrogen-bond donors (Lipinski definition) is 0. The topological polar surface area (TPSA) is 78.9 Å². The lowest BCUT2D eigenvalue weighted by atomic mass is 10.1. The Morgan fingerprint density at radius 2 is 1.97 bits per heavy atom. The summed E-state index contributed by atoms with van der Waals surface area (Å²) >= 11 is 12.2. The van der Waals surface area contributed by atoms with Gasteiger partial charge in [-0.2, -0.15) is 0 Å². The van der Waals surface area contributed by atoms with E-state index in [2.05, 4.69) is 0 Å². The molecule has 1 aliphatic rings. The van der Waals surface area contributed by atoms with Gasteiger partial charge in [0, 0.05) is 24.0 Å². The maximum absolute atomic E-state index is 12.5. The highest BCUT2D eigenvalue weighted by molar-refractivity contribution is 8.26. The predicted molar refractivity (Wildman–Crippen MR) is 118 cm³/mol. The molecule has 0 bridgehead atoms. The summed E-state index contributed by atoms with van der Waals surface area (Å²) in [6.07, 6.45) is 1.41. The number of carbonyl (C=O) groups is 2. The van der Waals surface area contributed by atoms with Gasteiger partial charge in [-0.1, -0.05) is 53.8 Å². The van der Waals surface area contributed by atoms with Crippen molar-refractivity contribution in [2.45, 2.75) is 13.0 Å². The quantitative estimate of drug-likeness (QED) is 0.440. The maximum Gasteiger partial charge on any atom is 0.266 e. The average Bonchev–Trinajstić information content (AvgIpc) is 2.99. The first kappa shape index (κ1) is 22.1. The van der Waals surface area contributed by atoms with E-state index >= 15 is 0 Å². The van der Waals surface area contributed by atoms with Gasteiger partial charge >= 0.3 is 0 Å². The van der Waals surface area contributed by atoms with Crippen LogP contribution in [-0.4, -0.2) is 34.8 Å². The van der Waals surface area contributed by atoms with Gasteiger partial charge in [-0.05, 0) is 41.5 Å². The van der Waals surface area contributed by atoms with Gasteiger partial charge in [-0.3, -0.25) is 9.69 Å². The number of hydrogen-bond acceptors (Lipinski definition) is 7. The third kappa shape index (κ3) is 5.53. The van der Waals surface area contributed by atoms with Crippen LogP contribution in [0.4, 0.5) is 0 Å². The number of carbonyl (C=O) groups excluding carboxylic acids is 2. The summed E-state index contributed by atoms with van der Waals surface area (Å²) in [6.45, 7) is 0.342. The van der Waals surface area contributed by atoms with Crippen LogP contribution in [0.2, 0.25) is 5.02 Å². The fourth-order valence-electron chi connectivity index (χ4n) is 2.68. The number of aliphatic carboxylic acids is 1. The predicted octanol–water partition coefficient (Wildman–Crippen LogP) is 3.27. The normalized spacial score (nSPS) is 15.0. The van der Waals surface area contributed by atoms with Gasteiger partial charge in [-0.25, -0.2) is 0 Å². The minimum atomic E-state index is -1.23. The molecule has 1 heterocycles. The Morgan fingerprint density at radius 3 is 2.63 bits per heavy atom. The molecule has 2 aromatic rings. The Morgan fingerprint density at radius 1 is 1.23 bits per heavy atom. The zero-order valence-electron chi connectivity index (χ0n) is 15.9. The molecule has 0 saturated carbocycles. The molecule has 3 rings (SSSR count). The van der Waals surface area contributed by atoms with E-state index in [1.807, 2.05) is 12.1 Å². The van der Waals surface area contributed by atoms with Gasteiger partial charge in [0.15, 0.2) is 11.5 Å². The molecule has 0 atom stereocenters. The molecule has 1 saturated heterocycles. The van der Waals surface area contributed by atoms with E-state index in [4.69, 9.17) is 33.3 Å². The summed E-state index contributed by atoms with van der Waals surface area (Å²) < 4.78 is 11.6. The summed E-state index contributed by atoms with van der Waals surface area (Å²) in [5.41, 5.74) is 1.69. The van der Waals surface area contributed by atoms with Crippen LogP contribution < -0.4 is 14.6 Å². The number of benzene rings is 2. The first-order valence-corrected chi connectivity index (χ1v) is 10.5. The molecule has 30 heavy (non-hydrogen) atoms. The highest BCUT2D eigenvalue weighted by Crippen LogP contribution is 2.35. The Balaban J connectivity index is 1.72. The number of methoxy groups -OCH3 is 1. The van der Waals surface area contributed by atoms with Crippen molar-refractivity contribution in [3.63, 3.8) is 0 Å². The van der Waals surface area contributed by atoms with Crippen LogP contribution in [0.3, 0.4) is 0 Å². The first-order chi connectivity index (χ1) is 14.4. The minimum Gasteiger partial charge on any atom is -0.550 e. The molecule has 0 aliphatic carbocycles. The highest BCUT2D eigenvalue weighted by atomic mass is 35.5. The van der Waals surface area contributed by atoms with Gasteiger partial charge in [-0.15, -0.1) is 0 Å². The van der Waals surface area contributed by atoms with Gasteiger partial charge in [0.1, 0.15) is 10.9 Å². The van der Waals surface area contributed by atoms with Gasteiger partial charge < -0.3 is 19.4 Å². The van der Waals surface area contributed by atoms with Crippen molar-refractivity contribution in [2.24, 2.45) is 0 Å². The SMILES string of the molecule is COc1cc(/C=C2/SC(=S)N(CCC(=O)[O-])C2=O)ccc1OCc1ccc(Cl)cc1. The summed E-state index contributed by atoms with van der Waals surface area (Å²) in [5, 5.41) is 11.3. The molecule has 2 aromatic carbocycles. The van der Waals surface area contributed by atoms with Crippen LogP contribution in [0, 0.1) is 0 Å². The van der Waals surface area contributed by atoms with Gasteiger partial charge in [0.25, 0.3) is 5.91 Å². The van der Waals surface area contributed by atoms with Crippen LogP contribution in [0.5, 0.6) is 11.5 Å². The second kappa shape index (κ2) is 9.97. The molecule has 156 valence electrons. The Hall–Kier alpha value is -2.55. The number of carboxylic acid groups (broad SMARTS) is 1. The Labute approximate surface area is 188 Å². The third-order valence-corrected chi connectivity index (χ3v) is 5.84. The van der Waals surface area contributed by atoms with Crippen molar-refractivity contribution in [3.8, 4) is 11.5 Å². The fraction of sp³-hybridized carbons (Fsp3) is 0.190. The number of carboxylic acids is 1. The van der Waals surface area contributed by atoms with Crippen molar-refractivity contribution in [2.75, 3.05) is 13.7 Å². The van der Waals surface area contributed by atoms with Crippen LogP contribution >= 0.6 is 35.6 Å². The van der Waals surface area contributed by atoms with Crippen molar-refractivity contribution >= 4 is 57.9 Å². The number of rotatable bonds is 8. The van der Waals surface area contributed by atoms with E-state index in [1.165, 1.54) is 12.0 Å². The van der Waals surface area contributed by atoms with Crippen LogP contribution in [0.1, 0.15) is 17.5 Å². The molecule has 6 nitrogen and oxygen atoms in total. The highest BCUT2D eigenvalue weighted by Gasteiger charge is 2.31. The van der Waals surface area contributed by atoms with E-state index in [0.717, 1.165) is 22.9 Å². The second-order valence-electron chi connectivity index (χ2n) is 6.28. The molecule has 9 heteroatoms. The number of amides is 1. The molecular weight excluding hydrogens is 446 g/mol. The van der Waals surface area contributed by atoms with Crippen LogP contribution in [-0.2, 0) is 16.2 Å². The molecule has 1 amide bonds. The van der Waals surface area contributed by atoms with E-state index in [0.29, 0.717) is 32.4 Å². The second-order valence-corrected chi connectivity index (χ2v) is 8.39. The van der Waals surface area contributed by atoms with Gasteiger partial charge in [0.05, 0.1) is 12.0 Å². The van der Waals surface area contributed by atoms with E-state index < -0.39 is 5.97 Å². The van der Waals surface area contributed by atoms with E-state index in [9.17, 15) is 14.7 Å². The third-order valence-electron chi connectivity index (χ3n) is 4.21. The van der Waals surface area contributed by atoms with Crippen LogP contribution in [0.25, 0.3) is 6.08 Å².